The highest BCUT2D eigenvalue weighted by Crippen LogP contribution is 2.26. The van der Waals surface area contributed by atoms with Gasteiger partial charge in [0.1, 0.15) is 0 Å². The summed E-state index contributed by atoms with van der Waals surface area (Å²) >= 11 is 0. The third kappa shape index (κ3) is 4.98. The van der Waals surface area contributed by atoms with Crippen LogP contribution in [0, 0.1) is 0 Å². The average molecular weight is 467 g/mol. The Labute approximate surface area is 183 Å². The summed E-state index contributed by atoms with van der Waals surface area (Å²) in [7, 11) is -7.33. The number of carbonyl (C=O) groups excluding carboxylic acids is 1. The van der Waals surface area contributed by atoms with Gasteiger partial charge in [-0.15, -0.1) is 0 Å². The summed E-state index contributed by atoms with van der Waals surface area (Å²) in [6.45, 7) is 4.53. The highest BCUT2D eigenvalue weighted by molar-refractivity contribution is 7.91. The van der Waals surface area contributed by atoms with Gasteiger partial charge in [0, 0.05) is 18.7 Å². The number of morpholine rings is 1. The average Bonchev–Trinajstić information content (AvgIpc) is 2.79. The SMILES string of the molecule is CCc1ccc(C(=O)Nc2ccccc2S(=O)(=O)CC)cc1S(=O)(=O)N1CCOCC1. The van der Waals surface area contributed by atoms with Gasteiger partial charge in [-0.25, -0.2) is 16.8 Å². The molecule has 1 N–H and O–H groups in total. The molecule has 0 atom stereocenters. The largest absolute Gasteiger partial charge is 0.379 e. The molecule has 0 aliphatic carbocycles. The Balaban J connectivity index is 1.96. The number of sulfonamides is 1. The van der Waals surface area contributed by atoms with Gasteiger partial charge in [-0.05, 0) is 36.2 Å². The molecular formula is C21H26N2O6S2. The fraction of sp³-hybridized carbons (Fsp3) is 0.381. The number of amides is 1. The molecule has 1 aliphatic heterocycles. The molecule has 0 radical (unpaired) electrons. The number of nitrogens with zero attached hydrogens (tertiary/aromatic N) is 1. The van der Waals surface area contributed by atoms with E-state index in [2.05, 4.69) is 5.32 Å². The first kappa shape index (κ1) is 23.4. The number of benzene rings is 2. The standard InChI is InChI=1S/C21H26N2O6S2/c1-3-16-9-10-17(15-20(16)31(27,28)23-11-13-29-14-12-23)21(24)22-18-7-5-6-8-19(18)30(25,26)4-2/h5-10,15H,3-4,11-14H2,1-2H3,(H,22,24). The molecule has 0 saturated carbocycles. The molecule has 1 saturated heterocycles. The second-order valence-electron chi connectivity index (χ2n) is 7.05. The Morgan fingerprint density at radius 1 is 1.00 bits per heavy atom. The van der Waals surface area contributed by atoms with E-state index in [-0.39, 0.29) is 39.9 Å². The number of ether oxygens (including phenoxy) is 1. The fourth-order valence-corrected chi connectivity index (χ4v) is 6.12. The number of sulfone groups is 1. The number of hydrogen-bond donors (Lipinski definition) is 1. The van der Waals surface area contributed by atoms with E-state index in [4.69, 9.17) is 4.74 Å². The molecule has 3 rings (SSSR count). The molecule has 0 aromatic heterocycles. The monoisotopic (exact) mass is 466 g/mol. The third-order valence-corrected chi connectivity index (χ3v) is 8.92. The van der Waals surface area contributed by atoms with Gasteiger partial charge >= 0.3 is 0 Å². The lowest BCUT2D eigenvalue weighted by Gasteiger charge is -2.27. The van der Waals surface area contributed by atoms with Crippen LogP contribution in [-0.4, -0.2) is 59.1 Å². The zero-order valence-electron chi connectivity index (χ0n) is 17.5. The number of rotatable bonds is 7. The van der Waals surface area contributed by atoms with E-state index >= 15 is 0 Å². The first-order valence-corrected chi connectivity index (χ1v) is 13.1. The van der Waals surface area contributed by atoms with Crippen LogP contribution in [0.5, 0.6) is 0 Å². The van der Waals surface area contributed by atoms with E-state index in [1.165, 1.54) is 29.4 Å². The zero-order chi connectivity index (χ0) is 22.6. The van der Waals surface area contributed by atoms with Gasteiger partial charge < -0.3 is 10.1 Å². The van der Waals surface area contributed by atoms with E-state index in [1.807, 2.05) is 6.92 Å². The minimum absolute atomic E-state index is 0.0252. The summed E-state index contributed by atoms with van der Waals surface area (Å²) in [5.74, 6) is -0.688. The molecule has 0 bridgehead atoms. The molecule has 1 aliphatic rings. The van der Waals surface area contributed by atoms with Crippen LogP contribution in [0.4, 0.5) is 5.69 Å². The van der Waals surface area contributed by atoms with Crippen LogP contribution in [0.2, 0.25) is 0 Å². The maximum atomic E-state index is 13.2. The van der Waals surface area contributed by atoms with Gasteiger partial charge in [-0.3, -0.25) is 4.79 Å². The van der Waals surface area contributed by atoms with Crippen molar-refractivity contribution in [2.24, 2.45) is 0 Å². The number of para-hydroxylation sites is 1. The number of anilines is 1. The molecule has 8 nitrogen and oxygen atoms in total. The van der Waals surface area contributed by atoms with Crippen molar-refractivity contribution in [3.05, 3.63) is 53.6 Å². The summed E-state index contributed by atoms with van der Waals surface area (Å²) in [6.07, 6.45) is 0.485. The minimum atomic E-state index is -3.79. The van der Waals surface area contributed by atoms with Crippen molar-refractivity contribution < 1.29 is 26.4 Å². The Hall–Kier alpha value is -2.27. The maximum absolute atomic E-state index is 13.2. The quantitative estimate of drug-likeness (QED) is 0.671. The predicted octanol–water partition coefficient (Wildman–Crippen LogP) is 2.32. The second-order valence-corrected chi connectivity index (χ2v) is 11.2. The Kier molecular flexibility index (Phi) is 7.15. The fourth-order valence-electron chi connectivity index (χ4n) is 3.35. The maximum Gasteiger partial charge on any atom is 0.255 e. The van der Waals surface area contributed by atoms with E-state index in [1.54, 1.807) is 24.3 Å². The summed E-state index contributed by atoms with van der Waals surface area (Å²) in [6, 6.07) is 10.7. The van der Waals surface area contributed by atoms with Crippen molar-refractivity contribution in [3.63, 3.8) is 0 Å². The van der Waals surface area contributed by atoms with Gasteiger partial charge in [-0.2, -0.15) is 4.31 Å². The lowest BCUT2D eigenvalue weighted by atomic mass is 10.1. The van der Waals surface area contributed by atoms with E-state index in [0.29, 0.717) is 25.2 Å². The lowest BCUT2D eigenvalue weighted by molar-refractivity contribution is 0.0730. The molecule has 31 heavy (non-hydrogen) atoms. The third-order valence-electron chi connectivity index (χ3n) is 5.15. The van der Waals surface area contributed by atoms with Crippen molar-refractivity contribution in [1.29, 1.82) is 0 Å². The molecule has 1 fully saturated rings. The van der Waals surface area contributed by atoms with E-state index < -0.39 is 25.8 Å². The van der Waals surface area contributed by atoms with Crippen LogP contribution in [0.25, 0.3) is 0 Å². The molecule has 0 spiro atoms. The Morgan fingerprint density at radius 2 is 1.68 bits per heavy atom. The molecule has 1 heterocycles. The van der Waals surface area contributed by atoms with E-state index in [9.17, 15) is 21.6 Å². The summed E-state index contributed by atoms with van der Waals surface area (Å²) in [4.78, 5) is 13.0. The molecule has 0 unspecified atom stereocenters. The number of aryl methyl sites for hydroxylation is 1. The molecule has 2 aromatic carbocycles. The van der Waals surface area contributed by atoms with Crippen LogP contribution in [0.1, 0.15) is 29.8 Å². The Morgan fingerprint density at radius 3 is 2.32 bits per heavy atom. The summed E-state index contributed by atoms with van der Waals surface area (Å²) < 4.78 is 57.6. The normalized spacial score (nSPS) is 15.5. The highest BCUT2D eigenvalue weighted by Gasteiger charge is 2.29. The van der Waals surface area contributed by atoms with Crippen molar-refractivity contribution in [2.45, 2.75) is 30.1 Å². The van der Waals surface area contributed by atoms with Gasteiger partial charge in [0.05, 0.1) is 34.4 Å². The molecule has 2 aromatic rings. The zero-order valence-corrected chi connectivity index (χ0v) is 19.1. The van der Waals surface area contributed by atoms with Crippen molar-refractivity contribution in [1.82, 2.24) is 4.31 Å². The van der Waals surface area contributed by atoms with Crippen LogP contribution < -0.4 is 5.32 Å². The van der Waals surface area contributed by atoms with Crippen LogP contribution in [-0.2, 0) is 31.0 Å². The van der Waals surface area contributed by atoms with Gasteiger partial charge in [0.15, 0.2) is 9.84 Å². The van der Waals surface area contributed by atoms with Crippen molar-refractivity contribution >= 4 is 31.5 Å². The number of hydrogen-bond acceptors (Lipinski definition) is 6. The summed E-state index contributed by atoms with van der Waals surface area (Å²) in [5, 5.41) is 2.62. The first-order valence-electron chi connectivity index (χ1n) is 10.0. The molecule has 168 valence electrons. The molecular weight excluding hydrogens is 440 g/mol. The van der Waals surface area contributed by atoms with Gasteiger partial charge in [0.25, 0.3) is 5.91 Å². The lowest BCUT2D eigenvalue weighted by Crippen LogP contribution is -2.41. The molecule has 10 heteroatoms. The predicted molar refractivity (Wildman–Crippen MR) is 118 cm³/mol. The molecule has 1 amide bonds. The van der Waals surface area contributed by atoms with Crippen molar-refractivity contribution in [3.8, 4) is 0 Å². The topological polar surface area (TPSA) is 110 Å². The Bertz CT molecular complexity index is 1170. The van der Waals surface area contributed by atoms with Crippen LogP contribution >= 0.6 is 0 Å². The highest BCUT2D eigenvalue weighted by atomic mass is 32.2. The van der Waals surface area contributed by atoms with Gasteiger partial charge in [0.2, 0.25) is 10.0 Å². The van der Waals surface area contributed by atoms with Gasteiger partial charge in [-0.1, -0.05) is 32.0 Å². The minimum Gasteiger partial charge on any atom is -0.379 e. The summed E-state index contributed by atoms with van der Waals surface area (Å²) in [5.41, 5.74) is 0.899. The first-order chi connectivity index (χ1) is 14.7. The van der Waals surface area contributed by atoms with E-state index in [0.717, 1.165) is 0 Å². The second kappa shape index (κ2) is 9.47. The van der Waals surface area contributed by atoms with Crippen molar-refractivity contribution in [2.75, 3.05) is 37.4 Å². The van der Waals surface area contributed by atoms with Crippen LogP contribution in [0.15, 0.2) is 52.3 Å². The van der Waals surface area contributed by atoms with Crippen LogP contribution in [0.3, 0.4) is 0 Å². The number of nitrogens with one attached hydrogen (secondary N) is 1. The number of carbonyl (C=O) groups is 1. The smallest absolute Gasteiger partial charge is 0.255 e.